The summed E-state index contributed by atoms with van der Waals surface area (Å²) in [4.78, 5) is 0. The Morgan fingerprint density at radius 3 is 2.52 bits per heavy atom. The second kappa shape index (κ2) is 13.4. The van der Waals surface area contributed by atoms with Crippen molar-refractivity contribution in [2.24, 2.45) is 0 Å². The van der Waals surface area contributed by atoms with Crippen LogP contribution in [0, 0.1) is 0 Å². The lowest BCUT2D eigenvalue weighted by atomic mass is 10.0. The van der Waals surface area contributed by atoms with Gasteiger partial charge in [0.2, 0.25) is 0 Å². The van der Waals surface area contributed by atoms with Crippen LogP contribution in [0.25, 0.3) is 0 Å². The van der Waals surface area contributed by atoms with Gasteiger partial charge in [0.15, 0.2) is 6.79 Å². The lowest BCUT2D eigenvalue weighted by molar-refractivity contribution is 0.0217. The summed E-state index contributed by atoms with van der Waals surface area (Å²) in [5.41, 5.74) is 4.65. The highest BCUT2D eigenvalue weighted by Gasteiger charge is 2.11. The van der Waals surface area contributed by atoms with Crippen LogP contribution in [0.1, 0.15) is 77.8 Å². The largest absolute Gasteiger partial charge is 0.508 e. The zero-order valence-electron chi connectivity index (χ0n) is 17.9. The molecular formula is C24H38O3. The smallest absolute Gasteiger partial charge is 0.189 e. The van der Waals surface area contributed by atoms with Gasteiger partial charge in [0.1, 0.15) is 11.5 Å². The van der Waals surface area contributed by atoms with Crippen LogP contribution < -0.4 is 4.74 Å². The second-order valence-electron chi connectivity index (χ2n) is 7.38. The Hall–Kier alpha value is -1.74. The zero-order valence-corrected chi connectivity index (χ0v) is 17.9. The van der Waals surface area contributed by atoms with E-state index in [0.717, 1.165) is 42.6 Å². The molecule has 0 aromatic heterocycles. The molecule has 3 nitrogen and oxygen atoms in total. The number of benzene rings is 1. The minimum atomic E-state index is 0.213. The van der Waals surface area contributed by atoms with E-state index >= 15 is 0 Å². The molecule has 1 N–H and O–H groups in total. The van der Waals surface area contributed by atoms with Crippen molar-refractivity contribution in [2.45, 2.75) is 79.6 Å². The minimum Gasteiger partial charge on any atom is -0.508 e. The van der Waals surface area contributed by atoms with Gasteiger partial charge in [-0.3, -0.25) is 0 Å². The summed E-state index contributed by atoms with van der Waals surface area (Å²) in [6, 6.07) is 3.96. The van der Waals surface area contributed by atoms with Crippen LogP contribution in [0.4, 0.5) is 0 Å². The summed E-state index contributed by atoms with van der Waals surface area (Å²) in [5, 5.41) is 10.6. The van der Waals surface area contributed by atoms with Gasteiger partial charge in [0, 0.05) is 12.2 Å². The average Bonchev–Trinajstić information content (AvgIpc) is 2.61. The topological polar surface area (TPSA) is 38.7 Å². The van der Waals surface area contributed by atoms with Gasteiger partial charge in [0.05, 0.1) is 0 Å². The summed E-state index contributed by atoms with van der Waals surface area (Å²) in [6.07, 6.45) is 11.7. The van der Waals surface area contributed by atoms with Crippen molar-refractivity contribution >= 4 is 0 Å². The highest BCUT2D eigenvalue weighted by atomic mass is 16.7. The Balaban J connectivity index is 2.89. The molecule has 1 aromatic carbocycles. The number of rotatable bonds is 13. The number of hydrogen-bond acceptors (Lipinski definition) is 3. The van der Waals surface area contributed by atoms with Crippen molar-refractivity contribution in [3.05, 3.63) is 46.6 Å². The normalized spacial score (nSPS) is 11.5. The first-order valence-electron chi connectivity index (χ1n) is 10.3. The summed E-state index contributed by atoms with van der Waals surface area (Å²) in [5.74, 6) is 1.06. The molecule has 0 radical (unpaired) electrons. The molecule has 0 unspecified atom stereocenters. The molecule has 0 saturated heterocycles. The standard InChI is InChI=1S/C24H38O3/c1-6-8-9-13-21-16-23(25)22(24(17-21)27-18-26-7-2)15-14-20(5)12-10-11-19(3)4/h11,14,16-17,25H,6-10,12-13,15,18H2,1-5H3/b20-14+. The van der Waals surface area contributed by atoms with E-state index in [0.29, 0.717) is 18.8 Å². The van der Waals surface area contributed by atoms with Gasteiger partial charge in [-0.2, -0.15) is 0 Å². The van der Waals surface area contributed by atoms with Crippen LogP contribution in [0.15, 0.2) is 35.4 Å². The maximum absolute atomic E-state index is 10.6. The lowest BCUT2D eigenvalue weighted by Gasteiger charge is -2.15. The monoisotopic (exact) mass is 374 g/mol. The van der Waals surface area contributed by atoms with Crippen molar-refractivity contribution in [3.63, 3.8) is 0 Å². The fraction of sp³-hybridized carbons (Fsp3) is 0.583. The second-order valence-corrected chi connectivity index (χ2v) is 7.38. The van der Waals surface area contributed by atoms with Crippen LogP contribution in [0.2, 0.25) is 0 Å². The highest BCUT2D eigenvalue weighted by Crippen LogP contribution is 2.32. The Labute approximate surface area is 166 Å². The molecule has 0 saturated carbocycles. The first kappa shape index (κ1) is 23.3. The summed E-state index contributed by atoms with van der Waals surface area (Å²) < 4.78 is 11.2. The van der Waals surface area contributed by atoms with E-state index in [1.54, 1.807) is 0 Å². The molecule has 0 amide bonds. The maximum atomic E-state index is 10.6. The molecule has 0 heterocycles. The molecule has 0 aliphatic rings. The Kier molecular flexibility index (Phi) is 11.6. The number of phenols is 1. The van der Waals surface area contributed by atoms with Crippen LogP contribution >= 0.6 is 0 Å². The molecule has 27 heavy (non-hydrogen) atoms. The summed E-state index contributed by atoms with van der Waals surface area (Å²) >= 11 is 0. The van der Waals surface area contributed by atoms with E-state index in [1.165, 1.54) is 24.0 Å². The third-order valence-corrected chi connectivity index (χ3v) is 4.56. The van der Waals surface area contributed by atoms with Crippen LogP contribution in [-0.2, 0) is 17.6 Å². The zero-order chi connectivity index (χ0) is 20.1. The van der Waals surface area contributed by atoms with Gasteiger partial charge in [-0.05, 0) is 77.5 Å². The Bertz CT molecular complexity index is 610. The van der Waals surface area contributed by atoms with E-state index in [2.05, 4.69) is 45.9 Å². The van der Waals surface area contributed by atoms with E-state index in [4.69, 9.17) is 9.47 Å². The predicted octanol–water partition coefficient (Wildman–Crippen LogP) is 6.73. The molecule has 1 aromatic rings. The van der Waals surface area contributed by atoms with Crippen molar-refractivity contribution < 1.29 is 14.6 Å². The van der Waals surface area contributed by atoms with Gasteiger partial charge in [-0.1, -0.05) is 43.1 Å². The minimum absolute atomic E-state index is 0.213. The van der Waals surface area contributed by atoms with Crippen LogP contribution in [-0.4, -0.2) is 18.5 Å². The number of unbranched alkanes of at least 4 members (excludes halogenated alkanes) is 2. The quantitative estimate of drug-likeness (QED) is 0.236. The Morgan fingerprint density at radius 2 is 1.85 bits per heavy atom. The third kappa shape index (κ3) is 9.67. The molecule has 0 fully saturated rings. The molecule has 152 valence electrons. The van der Waals surface area contributed by atoms with Gasteiger partial charge in [-0.25, -0.2) is 0 Å². The van der Waals surface area contributed by atoms with Crippen LogP contribution in [0.3, 0.4) is 0 Å². The first-order valence-corrected chi connectivity index (χ1v) is 10.3. The summed E-state index contributed by atoms with van der Waals surface area (Å²) in [7, 11) is 0. The number of aromatic hydroxyl groups is 1. The van der Waals surface area contributed by atoms with Crippen molar-refractivity contribution in [1.29, 1.82) is 0 Å². The molecule has 0 aliphatic carbocycles. The highest BCUT2D eigenvalue weighted by molar-refractivity contribution is 5.48. The van der Waals surface area contributed by atoms with Crippen molar-refractivity contribution in [1.82, 2.24) is 0 Å². The maximum Gasteiger partial charge on any atom is 0.189 e. The molecule has 3 heteroatoms. The van der Waals surface area contributed by atoms with Crippen LogP contribution in [0.5, 0.6) is 11.5 Å². The van der Waals surface area contributed by atoms with Gasteiger partial charge in [-0.15, -0.1) is 0 Å². The van der Waals surface area contributed by atoms with E-state index < -0.39 is 0 Å². The lowest BCUT2D eigenvalue weighted by Crippen LogP contribution is -2.05. The van der Waals surface area contributed by atoms with E-state index in [1.807, 2.05) is 13.0 Å². The van der Waals surface area contributed by atoms with Gasteiger partial charge < -0.3 is 14.6 Å². The predicted molar refractivity (Wildman–Crippen MR) is 115 cm³/mol. The summed E-state index contributed by atoms with van der Waals surface area (Å²) in [6.45, 7) is 11.4. The molecule has 1 rings (SSSR count). The van der Waals surface area contributed by atoms with E-state index in [9.17, 15) is 5.11 Å². The van der Waals surface area contributed by atoms with Gasteiger partial charge in [0.25, 0.3) is 0 Å². The Morgan fingerprint density at radius 1 is 1.07 bits per heavy atom. The van der Waals surface area contributed by atoms with Crippen molar-refractivity contribution in [2.75, 3.05) is 13.4 Å². The molecule has 0 bridgehead atoms. The third-order valence-electron chi connectivity index (χ3n) is 4.56. The average molecular weight is 375 g/mol. The first-order chi connectivity index (χ1) is 13.0. The number of phenolic OH excluding ortho intramolecular Hbond substituents is 1. The fourth-order valence-corrected chi connectivity index (χ4v) is 2.90. The van der Waals surface area contributed by atoms with Gasteiger partial charge >= 0.3 is 0 Å². The molecular weight excluding hydrogens is 336 g/mol. The molecule has 0 atom stereocenters. The molecule has 0 spiro atoms. The SMILES string of the molecule is CCCCCc1cc(O)c(C/C=C(\C)CCC=C(C)C)c(OCOCC)c1. The number of allylic oxidation sites excluding steroid dienone is 4. The molecule has 0 aliphatic heterocycles. The van der Waals surface area contributed by atoms with E-state index in [-0.39, 0.29) is 6.79 Å². The van der Waals surface area contributed by atoms with Crippen molar-refractivity contribution in [3.8, 4) is 11.5 Å². The number of ether oxygens (including phenoxy) is 2. The fourth-order valence-electron chi connectivity index (χ4n) is 2.90. The number of hydrogen-bond donors (Lipinski definition) is 1. The number of aryl methyl sites for hydroxylation is 1.